The lowest BCUT2D eigenvalue weighted by Crippen LogP contribution is -2.64. The predicted molar refractivity (Wildman–Crippen MR) is 71.3 cm³/mol. The van der Waals surface area contributed by atoms with Crippen LogP contribution in [0.1, 0.15) is 40.0 Å². The van der Waals surface area contributed by atoms with E-state index >= 15 is 0 Å². The van der Waals surface area contributed by atoms with Gasteiger partial charge in [-0.2, -0.15) is 0 Å². The van der Waals surface area contributed by atoms with Gasteiger partial charge < -0.3 is 10.1 Å². The lowest BCUT2D eigenvalue weighted by Gasteiger charge is -2.49. The summed E-state index contributed by atoms with van der Waals surface area (Å²) in [6, 6.07) is 1.35. The summed E-state index contributed by atoms with van der Waals surface area (Å²) >= 11 is 0. The first-order valence-electron chi connectivity index (χ1n) is 7.03. The number of nitrogens with zero attached hydrogens (tertiary/aromatic N) is 1. The first-order valence-corrected chi connectivity index (χ1v) is 7.03. The number of ether oxygens (including phenoxy) is 1. The van der Waals surface area contributed by atoms with Crippen molar-refractivity contribution in [2.75, 3.05) is 26.8 Å². The molecular weight excluding hydrogens is 212 g/mol. The van der Waals surface area contributed by atoms with Crippen molar-refractivity contribution in [3.05, 3.63) is 0 Å². The molecule has 100 valence electrons. The van der Waals surface area contributed by atoms with Crippen molar-refractivity contribution in [3.8, 4) is 0 Å². The van der Waals surface area contributed by atoms with Gasteiger partial charge in [0.05, 0.1) is 0 Å². The number of rotatable bonds is 5. The summed E-state index contributed by atoms with van der Waals surface area (Å²) in [4.78, 5) is 2.69. The van der Waals surface area contributed by atoms with Crippen LogP contribution in [0.4, 0.5) is 0 Å². The first kappa shape index (κ1) is 13.3. The van der Waals surface area contributed by atoms with Crippen molar-refractivity contribution < 1.29 is 4.74 Å². The molecule has 0 aromatic heterocycles. The molecule has 1 aliphatic heterocycles. The number of nitrogens with one attached hydrogen (secondary N) is 1. The Labute approximate surface area is 106 Å². The van der Waals surface area contributed by atoms with Gasteiger partial charge in [0, 0.05) is 44.4 Å². The summed E-state index contributed by atoms with van der Waals surface area (Å²) in [7, 11) is 1.79. The summed E-state index contributed by atoms with van der Waals surface area (Å²) in [5.41, 5.74) is 0.276. The zero-order valence-corrected chi connectivity index (χ0v) is 11.8. The van der Waals surface area contributed by atoms with Crippen LogP contribution in [-0.2, 0) is 4.74 Å². The van der Waals surface area contributed by atoms with Crippen LogP contribution >= 0.6 is 0 Å². The van der Waals surface area contributed by atoms with Crippen LogP contribution < -0.4 is 5.32 Å². The fraction of sp³-hybridized carbons (Fsp3) is 1.00. The van der Waals surface area contributed by atoms with Crippen molar-refractivity contribution >= 4 is 0 Å². The van der Waals surface area contributed by atoms with Gasteiger partial charge in [0.15, 0.2) is 0 Å². The summed E-state index contributed by atoms with van der Waals surface area (Å²) in [5, 5.41) is 3.74. The summed E-state index contributed by atoms with van der Waals surface area (Å²) in [5.74, 6) is 0.947. The molecule has 17 heavy (non-hydrogen) atoms. The van der Waals surface area contributed by atoms with Crippen LogP contribution in [0.25, 0.3) is 0 Å². The summed E-state index contributed by atoms with van der Waals surface area (Å²) in [6.07, 6.45) is 3.99. The average molecular weight is 240 g/mol. The Balaban J connectivity index is 1.94. The molecule has 1 saturated heterocycles. The van der Waals surface area contributed by atoms with Crippen molar-refractivity contribution in [2.45, 2.75) is 57.7 Å². The molecule has 0 amide bonds. The van der Waals surface area contributed by atoms with Crippen LogP contribution in [0, 0.1) is 5.92 Å². The van der Waals surface area contributed by atoms with E-state index < -0.39 is 0 Å². The third-order valence-corrected chi connectivity index (χ3v) is 4.43. The highest BCUT2D eigenvalue weighted by atomic mass is 16.5. The van der Waals surface area contributed by atoms with E-state index in [1.165, 1.54) is 19.4 Å². The zero-order valence-electron chi connectivity index (χ0n) is 11.8. The second kappa shape index (κ2) is 5.25. The maximum Gasteiger partial charge on any atom is 0.0477 e. The minimum Gasteiger partial charge on any atom is -0.385 e. The number of methoxy groups -OCH3 is 1. The minimum atomic E-state index is 0.276. The fourth-order valence-electron chi connectivity index (χ4n) is 3.04. The zero-order chi connectivity index (χ0) is 12.5. The van der Waals surface area contributed by atoms with E-state index in [2.05, 4.69) is 31.0 Å². The van der Waals surface area contributed by atoms with E-state index in [0.29, 0.717) is 6.04 Å². The lowest BCUT2D eigenvalue weighted by molar-refractivity contribution is 0.0153. The number of piperazine rings is 1. The van der Waals surface area contributed by atoms with Gasteiger partial charge in [0.1, 0.15) is 0 Å². The van der Waals surface area contributed by atoms with Gasteiger partial charge in [0.2, 0.25) is 0 Å². The molecule has 1 N–H and O–H groups in total. The van der Waals surface area contributed by atoms with E-state index in [0.717, 1.165) is 31.5 Å². The van der Waals surface area contributed by atoms with Crippen molar-refractivity contribution in [2.24, 2.45) is 5.92 Å². The Hall–Kier alpha value is -0.120. The number of hydrogen-bond donors (Lipinski definition) is 1. The second-order valence-corrected chi connectivity index (χ2v) is 6.42. The third kappa shape index (κ3) is 3.21. The van der Waals surface area contributed by atoms with Gasteiger partial charge in [-0.1, -0.05) is 0 Å². The topological polar surface area (TPSA) is 24.5 Å². The molecule has 2 atom stereocenters. The lowest BCUT2D eigenvalue weighted by atomic mass is 9.93. The van der Waals surface area contributed by atoms with Crippen LogP contribution in [0.15, 0.2) is 0 Å². The fourth-order valence-corrected chi connectivity index (χ4v) is 3.04. The second-order valence-electron chi connectivity index (χ2n) is 6.42. The van der Waals surface area contributed by atoms with Crippen molar-refractivity contribution in [1.82, 2.24) is 10.2 Å². The maximum atomic E-state index is 5.22. The molecule has 0 aromatic rings. The average Bonchev–Trinajstić information content (AvgIpc) is 3.09. The Kier molecular flexibility index (Phi) is 4.11. The van der Waals surface area contributed by atoms with E-state index in [1.54, 1.807) is 7.11 Å². The molecule has 2 aliphatic rings. The van der Waals surface area contributed by atoms with Crippen molar-refractivity contribution in [3.63, 3.8) is 0 Å². The van der Waals surface area contributed by atoms with Crippen molar-refractivity contribution in [1.29, 1.82) is 0 Å². The monoisotopic (exact) mass is 240 g/mol. The molecule has 2 unspecified atom stereocenters. The van der Waals surface area contributed by atoms with E-state index in [9.17, 15) is 0 Å². The Morgan fingerprint density at radius 2 is 2.12 bits per heavy atom. The molecule has 2 fully saturated rings. The molecule has 0 bridgehead atoms. The Morgan fingerprint density at radius 1 is 1.41 bits per heavy atom. The molecular formula is C14H28N2O. The van der Waals surface area contributed by atoms with Crippen LogP contribution in [0.2, 0.25) is 0 Å². The molecule has 0 radical (unpaired) electrons. The van der Waals surface area contributed by atoms with E-state index in [4.69, 9.17) is 4.74 Å². The van der Waals surface area contributed by atoms with E-state index in [1.807, 2.05) is 0 Å². The van der Waals surface area contributed by atoms with Gasteiger partial charge in [-0.25, -0.2) is 0 Å². The van der Waals surface area contributed by atoms with Gasteiger partial charge in [0.25, 0.3) is 0 Å². The van der Waals surface area contributed by atoms with Crippen LogP contribution in [0.3, 0.4) is 0 Å². The Bertz CT molecular complexity index is 251. The molecule has 2 rings (SSSR count). The van der Waals surface area contributed by atoms with Gasteiger partial charge in [-0.3, -0.25) is 4.90 Å². The smallest absolute Gasteiger partial charge is 0.0477 e. The molecule has 0 spiro atoms. The van der Waals surface area contributed by atoms with Gasteiger partial charge >= 0.3 is 0 Å². The van der Waals surface area contributed by atoms with Gasteiger partial charge in [-0.15, -0.1) is 0 Å². The minimum absolute atomic E-state index is 0.276. The predicted octanol–water partition coefficient (Wildman–Crippen LogP) is 1.87. The first-order chi connectivity index (χ1) is 8.04. The highest BCUT2D eigenvalue weighted by molar-refractivity contribution is 4.99. The molecule has 1 saturated carbocycles. The normalized spacial score (nSPS) is 31.4. The molecule has 3 nitrogen and oxygen atoms in total. The number of hydrogen-bond acceptors (Lipinski definition) is 3. The van der Waals surface area contributed by atoms with Crippen LogP contribution in [-0.4, -0.2) is 49.3 Å². The standard InChI is InChI=1S/C14H28N2O/c1-11(7-8-17-4)16-9-13(12-5-6-12)15-10-14(16,2)3/h11-13,15H,5-10H2,1-4H3. The SMILES string of the molecule is COCCC(C)N1CC(C2CC2)NCC1(C)C. The molecule has 1 heterocycles. The summed E-state index contributed by atoms with van der Waals surface area (Å²) in [6.45, 7) is 10.2. The molecule has 1 aliphatic carbocycles. The summed E-state index contributed by atoms with van der Waals surface area (Å²) < 4.78 is 5.22. The van der Waals surface area contributed by atoms with E-state index in [-0.39, 0.29) is 5.54 Å². The van der Waals surface area contributed by atoms with Crippen LogP contribution in [0.5, 0.6) is 0 Å². The molecule has 0 aromatic carbocycles. The third-order valence-electron chi connectivity index (χ3n) is 4.43. The molecule has 3 heteroatoms. The largest absolute Gasteiger partial charge is 0.385 e. The van der Waals surface area contributed by atoms with Gasteiger partial charge in [-0.05, 0) is 46.0 Å². The Morgan fingerprint density at radius 3 is 2.71 bits per heavy atom. The quantitative estimate of drug-likeness (QED) is 0.794. The highest BCUT2D eigenvalue weighted by Gasteiger charge is 2.41. The maximum absolute atomic E-state index is 5.22. The highest BCUT2D eigenvalue weighted by Crippen LogP contribution is 2.36.